The first kappa shape index (κ1) is 14.9. The monoisotopic (exact) mass is 286 g/mol. The molecule has 0 N–H and O–H groups in total. The molecule has 0 spiro atoms. The fourth-order valence-corrected chi connectivity index (χ4v) is 2.08. The van der Waals surface area contributed by atoms with Crippen LogP contribution >= 0.6 is 0 Å². The third-order valence-electron chi connectivity index (χ3n) is 3.27. The zero-order chi connectivity index (χ0) is 15.2. The maximum Gasteiger partial charge on any atom is 0.204 e. The molecule has 4 nitrogen and oxygen atoms in total. The highest BCUT2D eigenvalue weighted by atomic mass is 16.5. The number of benzene rings is 1. The van der Waals surface area contributed by atoms with E-state index in [-0.39, 0.29) is 0 Å². The van der Waals surface area contributed by atoms with Crippen LogP contribution in [-0.4, -0.2) is 21.3 Å². The third kappa shape index (κ3) is 3.34. The lowest BCUT2D eigenvalue weighted by molar-refractivity contribution is -0.673. The molecule has 1 aromatic carbocycles. The number of rotatable bonds is 5. The quantitative estimate of drug-likeness (QED) is 0.792. The van der Waals surface area contributed by atoms with Gasteiger partial charge in [0.25, 0.3) is 0 Å². The first-order valence-electron chi connectivity index (χ1n) is 6.62. The van der Waals surface area contributed by atoms with E-state index < -0.39 is 0 Å². The van der Waals surface area contributed by atoms with Crippen molar-refractivity contribution in [1.29, 1.82) is 0 Å². The maximum absolute atomic E-state index is 5.43. The minimum atomic E-state index is 0.700. The summed E-state index contributed by atoms with van der Waals surface area (Å²) in [7, 11) is 6.89. The molecule has 0 atom stereocenters. The van der Waals surface area contributed by atoms with Crippen LogP contribution in [0.5, 0.6) is 17.2 Å². The van der Waals surface area contributed by atoms with Crippen LogP contribution in [0.1, 0.15) is 11.3 Å². The van der Waals surface area contributed by atoms with E-state index >= 15 is 0 Å². The molecule has 0 saturated heterocycles. The molecule has 2 rings (SSSR count). The lowest BCUT2D eigenvalue weighted by Crippen LogP contribution is -2.30. The van der Waals surface area contributed by atoms with Gasteiger partial charge in [-0.1, -0.05) is 0 Å². The second-order valence-corrected chi connectivity index (χ2v) is 4.52. The second kappa shape index (κ2) is 6.79. The van der Waals surface area contributed by atoms with Gasteiger partial charge < -0.3 is 14.2 Å². The zero-order valence-corrected chi connectivity index (χ0v) is 12.8. The van der Waals surface area contributed by atoms with Gasteiger partial charge in [-0.25, -0.2) is 4.57 Å². The highest BCUT2D eigenvalue weighted by molar-refractivity contribution is 5.75. The van der Waals surface area contributed by atoms with Crippen molar-refractivity contribution in [2.75, 3.05) is 21.3 Å². The second-order valence-electron chi connectivity index (χ2n) is 4.52. The fourth-order valence-electron chi connectivity index (χ4n) is 2.08. The molecule has 0 aliphatic rings. The minimum Gasteiger partial charge on any atom is -0.496 e. The van der Waals surface area contributed by atoms with Crippen molar-refractivity contribution >= 4 is 12.2 Å². The molecular formula is C17H20NO3+. The number of aryl methyl sites for hydroxylation is 1. The van der Waals surface area contributed by atoms with E-state index in [2.05, 4.69) is 0 Å². The fraction of sp³-hybridized carbons (Fsp3) is 0.235. The molecule has 0 aliphatic carbocycles. The summed E-state index contributed by atoms with van der Waals surface area (Å²) in [6, 6.07) is 9.72. The Labute approximate surface area is 125 Å². The Morgan fingerprint density at radius 3 is 2.10 bits per heavy atom. The van der Waals surface area contributed by atoms with Crippen LogP contribution in [0.4, 0.5) is 0 Å². The summed E-state index contributed by atoms with van der Waals surface area (Å²) >= 11 is 0. The number of hydrogen-bond donors (Lipinski definition) is 0. The first-order valence-corrected chi connectivity index (χ1v) is 6.62. The predicted octanol–water partition coefficient (Wildman–Crippen LogP) is 2.71. The smallest absolute Gasteiger partial charge is 0.204 e. The number of nitrogens with zero attached hydrogens (tertiary/aromatic N) is 1. The predicted molar refractivity (Wildman–Crippen MR) is 82.6 cm³/mol. The molecule has 4 heteroatoms. The van der Waals surface area contributed by atoms with Crippen molar-refractivity contribution in [2.24, 2.45) is 7.05 Å². The number of aromatic nitrogens is 1. The van der Waals surface area contributed by atoms with Gasteiger partial charge in [-0.2, -0.15) is 0 Å². The topological polar surface area (TPSA) is 31.6 Å². The van der Waals surface area contributed by atoms with Crippen LogP contribution in [0, 0.1) is 0 Å². The molecular weight excluding hydrogens is 266 g/mol. The van der Waals surface area contributed by atoms with Gasteiger partial charge in [0.1, 0.15) is 24.3 Å². The summed E-state index contributed by atoms with van der Waals surface area (Å²) in [6.45, 7) is 0. The summed E-state index contributed by atoms with van der Waals surface area (Å²) in [4.78, 5) is 0. The molecule has 1 heterocycles. The highest BCUT2D eigenvalue weighted by Crippen LogP contribution is 2.35. The molecule has 1 aromatic heterocycles. The van der Waals surface area contributed by atoms with Crippen LogP contribution in [-0.2, 0) is 7.05 Å². The first-order chi connectivity index (χ1) is 10.2. The molecule has 2 aromatic rings. The van der Waals surface area contributed by atoms with Gasteiger partial charge in [0, 0.05) is 30.3 Å². The molecule has 0 radical (unpaired) electrons. The van der Waals surface area contributed by atoms with Crippen LogP contribution in [0.25, 0.3) is 12.2 Å². The molecule has 110 valence electrons. The molecule has 0 unspecified atom stereocenters. The summed E-state index contributed by atoms with van der Waals surface area (Å²) in [5.74, 6) is 2.12. The van der Waals surface area contributed by atoms with Crippen molar-refractivity contribution in [3.63, 3.8) is 0 Å². The van der Waals surface area contributed by atoms with Gasteiger partial charge in [0.05, 0.1) is 26.9 Å². The maximum atomic E-state index is 5.43. The van der Waals surface area contributed by atoms with Crippen molar-refractivity contribution in [3.8, 4) is 17.2 Å². The van der Waals surface area contributed by atoms with E-state index in [0.717, 1.165) is 11.3 Å². The van der Waals surface area contributed by atoms with Crippen LogP contribution in [0.2, 0.25) is 0 Å². The molecule has 0 amide bonds. The average molecular weight is 286 g/mol. The van der Waals surface area contributed by atoms with Gasteiger partial charge in [-0.3, -0.25) is 0 Å². The van der Waals surface area contributed by atoms with E-state index in [0.29, 0.717) is 17.2 Å². The molecule has 0 saturated carbocycles. The van der Waals surface area contributed by atoms with E-state index in [1.807, 2.05) is 60.3 Å². The van der Waals surface area contributed by atoms with Crippen LogP contribution in [0.15, 0.2) is 36.5 Å². The summed E-state index contributed by atoms with van der Waals surface area (Å²) in [6.07, 6.45) is 6.00. The Morgan fingerprint density at radius 1 is 0.905 bits per heavy atom. The zero-order valence-electron chi connectivity index (χ0n) is 12.8. The normalized spacial score (nSPS) is 10.7. The van der Waals surface area contributed by atoms with E-state index in [1.165, 1.54) is 0 Å². The van der Waals surface area contributed by atoms with E-state index in [1.54, 1.807) is 21.3 Å². The Balaban J connectivity index is 2.45. The molecule has 21 heavy (non-hydrogen) atoms. The van der Waals surface area contributed by atoms with Gasteiger partial charge in [-0.15, -0.1) is 0 Å². The summed E-state index contributed by atoms with van der Waals surface area (Å²) in [5.41, 5.74) is 1.96. The van der Waals surface area contributed by atoms with Gasteiger partial charge in [-0.05, 0) is 12.1 Å². The van der Waals surface area contributed by atoms with Gasteiger partial charge >= 0.3 is 0 Å². The standard InChI is InChI=1S/C17H20NO3/c1-18-10-6-5-7-13(18)8-9-15-16(20-3)11-14(19-2)12-17(15)21-4/h5-12H,1-4H3/q+1/b9-8-. The lowest BCUT2D eigenvalue weighted by Gasteiger charge is -2.12. The number of hydrogen-bond acceptors (Lipinski definition) is 3. The van der Waals surface area contributed by atoms with Crippen molar-refractivity contribution in [1.82, 2.24) is 0 Å². The Kier molecular flexibility index (Phi) is 4.82. The highest BCUT2D eigenvalue weighted by Gasteiger charge is 2.11. The van der Waals surface area contributed by atoms with E-state index in [9.17, 15) is 0 Å². The largest absolute Gasteiger partial charge is 0.496 e. The Hall–Kier alpha value is -2.49. The SMILES string of the molecule is COc1cc(OC)c(/C=C\c2cccc[n+]2C)c(OC)c1. The van der Waals surface area contributed by atoms with Crippen LogP contribution in [0.3, 0.4) is 0 Å². The summed E-state index contributed by atoms with van der Waals surface area (Å²) in [5, 5.41) is 0. The Bertz CT molecular complexity index is 625. The Morgan fingerprint density at radius 2 is 1.57 bits per heavy atom. The van der Waals surface area contributed by atoms with Crippen molar-refractivity contribution in [3.05, 3.63) is 47.8 Å². The van der Waals surface area contributed by atoms with Gasteiger partial charge in [0.2, 0.25) is 5.69 Å². The van der Waals surface area contributed by atoms with Crippen LogP contribution < -0.4 is 18.8 Å². The number of methoxy groups -OCH3 is 3. The summed E-state index contributed by atoms with van der Waals surface area (Å²) < 4.78 is 18.2. The third-order valence-corrected chi connectivity index (χ3v) is 3.27. The molecule has 0 aliphatic heterocycles. The lowest BCUT2D eigenvalue weighted by atomic mass is 10.1. The number of pyridine rings is 1. The van der Waals surface area contributed by atoms with E-state index in [4.69, 9.17) is 14.2 Å². The van der Waals surface area contributed by atoms with Crippen molar-refractivity contribution < 1.29 is 18.8 Å². The number of ether oxygens (including phenoxy) is 3. The molecule has 0 bridgehead atoms. The molecule has 0 fully saturated rings. The van der Waals surface area contributed by atoms with Crippen molar-refractivity contribution in [2.45, 2.75) is 0 Å². The minimum absolute atomic E-state index is 0.700. The van der Waals surface area contributed by atoms with Gasteiger partial charge in [0.15, 0.2) is 6.20 Å². The average Bonchev–Trinajstić information content (AvgIpc) is 2.53.